The van der Waals surface area contributed by atoms with E-state index >= 15 is 0 Å². The van der Waals surface area contributed by atoms with Crippen molar-refractivity contribution < 1.29 is 19.1 Å². The van der Waals surface area contributed by atoms with Gasteiger partial charge in [0.05, 0.1) is 23.4 Å². The van der Waals surface area contributed by atoms with Gasteiger partial charge in [-0.25, -0.2) is 9.59 Å². The Balaban J connectivity index is 1.74. The maximum atomic E-state index is 11.9. The summed E-state index contributed by atoms with van der Waals surface area (Å²) in [5.74, 6) is -0.964. The zero-order valence-corrected chi connectivity index (χ0v) is 18.0. The Morgan fingerprint density at radius 3 is 1.83 bits per heavy atom. The molecule has 124 valence electrons. The van der Waals surface area contributed by atoms with Crippen molar-refractivity contribution in [2.24, 2.45) is 0 Å². The van der Waals surface area contributed by atoms with Crippen molar-refractivity contribution in [2.75, 3.05) is 14.2 Å². The van der Waals surface area contributed by atoms with Crippen molar-refractivity contribution in [3.63, 3.8) is 0 Å². The first-order valence-electron chi connectivity index (χ1n) is 6.16. The summed E-state index contributed by atoms with van der Waals surface area (Å²) in [5, 5.41) is 0. The van der Waals surface area contributed by atoms with E-state index in [1.807, 2.05) is 0 Å². The first-order chi connectivity index (χ1) is 11.1. The van der Waals surface area contributed by atoms with Gasteiger partial charge in [-0.1, -0.05) is 0 Å². The van der Waals surface area contributed by atoms with Crippen LogP contribution in [0.15, 0.2) is 32.0 Å². The van der Waals surface area contributed by atoms with Gasteiger partial charge in [-0.2, -0.15) is 0 Å². The molecule has 0 bridgehead atoms. The third-order valence-corrected chi connectivity index (χ3v) is 11.2. The van der Waals surface area contributed by atoms with Crippen LogP contribution in [-0.4, -0.2) is 39.3 Å². The number of aromatic nitrogens is 1. The van der Waals surface area contributed by atoms with Gasteiger partial charge in [0.25, 0.3) is 0 Å². The lowest BCUT2D eigenvalue weighted by atomic mass is 10.5. The molecule has 0 unspecified atom stereocenters. The Labute approximate surface area is 166 Å². The molecule has 0 N–H and O–H groups in total. The molecular formula is C12H10INO4S5. The molecule has 1 aromatic heterocycles. The summed E-state index contributed by atoms with van der Waals surface area (Å²) in [6.45, 7) is 0. The first-order valence-corrected chi connectivity index (χ1v) is 13.0. The third-order valence-electron chi connectivity index (χ3n) is 2.94. The maximum Gasteiger partial charge on any atom is 0.345 e. The fraction of sp³-hybridized carbons (Fsp3) is 0.333. The first kappa shape index (κ1) is 18.2. The van der Waals surface area contributed by atoms with Crippen LogP contribution in [0, 0.1) is 0 Å². The molecule has 0 spiro atoms. The van der Waals surface area contributed by atoms with Crippen LogP contribution in [0.5, 0.6) is 0 Å². The predicted octanol–water partition coefficient (Wildman–Crippen LogP) is 4.22. The highest BCUT2D eigenvalue weighted by atomic mass is 127. The Kier molecular flexibility index (Phi) is 6.16. The van der Waals surface area contributed by atoms with Gasteiger partial charge < -0.3 is 9.47 Å². The zero-order valence-electron chi connectivity index (χ0n) is 11.8. The molecule has 0 radical (unpaired) electrons. The van der Waals surface area contributed by atoms with Crippen LogP contribution >= 0.6 is 77.4 Å². The van der Waals surface area contributed by atoms with Gasteiger partial charge in [-0.15, -0.1) is 47.0 Å². The molecule has 0 aliphatic carbocycles. The Morgan fingerprint density at radius 1 is 1.00 bits per heavy atom. The fourth-order valence-corrected chi connectivity index (χ4v) is 9.38. The zero-order chi connectivity index (χ0) is 16.6. The van der Waals surface area contributed by atoms with E-state index in [0.717, 1.165) is 0 Å². The van der Waals surface area contributed by atoms with Crippen molar-refractivity contribution in [3.05, 3.63) is 22.2 Å². The molecule has 5 nitrogen and oxygen atoms in total. The number of carbonyl (C=O) groups is 2. The van der Waals surface area contributed by atoms with Gasteiger partial charge in [0.15, 0.2) is 0 Å². The van der Waals surface area contributed by atoms with E-state index < -0.39 is 11.9 Å². The minimum absolute atomic E-state index is 0.0568. The average Bonchev–Trinajstić information content (AvgIpc) is 3.24. The molecule has 2 aliphatic heterocycles. The van der Waals surface area contributed by atoms with E-state index in [1.54, 1.807) is 32.6 Å². The summed E-state index contributed by atoms with van der Waals surface area (Å²) in [7, 11) is 4.26. The van der Waals surface area contributed by atoms with Gasteiger partial charge >= 0.3 is 11.9 Å². The largest absolute Gasteiger partial charge is 0.465 e. The van der Waals surface area contributed by atoms with Gasteiger partial charge in [-0.05, 0) is 0 Å². The van der Waals surface area contributed by atoms with E-state index in [0.29, 0.717) is 9.81 Å². The second-order valence-electron chi connectivity index (χ2n) is 4.27. The summed E-state index contributed by atoms with van der Waals surface area (Å²) in [6.07, 6.45) is 4.20. The lowest BCUT2D eigenvalue weighted by Gasteiger charge is -2.15. The molecule has 3 heterocycles. The highest BCUT2D eigenvalue weighted by Gasteiger charge is 2.42. The van der Waals surface area contributed by atoms with Gasteiger partial charge in [-0.3, -0.25) is 3.97 Å². The third kappa shape index (κ3) is 3.68. The highest BCUT2D eigenvalue weighted by molar-refractivity contribution is 14.2. The van der Waals surface area contributed by atoms with E-state index in [-0.39, 0.29) is 9.16 Å². The number of rotatable bonds is 4. The number of ether oxygens (including phenoxy) is 2. The number of hydrogen-bond donors (Lipinski definition) is 0. The van der Waals surface area contributed by atoms with Gasteiger partial charge in [0, 0.05) is 52.5 Å². The molecule has 1 aromatic rings. The standard InChI is InChI=1S/C12H10INO4S5/c1-17-9(15)7-8(10(16)18-2)22-12(21-7)11-19-5-3-14(23-13)4-6(5)20-11/h3-4,11-12H,1-2H3. The Bertz CT molecular complexity index is 639. The van der Waals surface area contributed by atoms with Crippen LogP contribution in [0.25, 0.3) is 0 Å². The number of esters is 2. The van der Waals surface area contributed by atoms with Crippen molar-refractivity contribution in [1.29, 1.82) is 0 Å². The van der Waals surface area contributed by atoms with Crippen LogP contribution in [0.4, 0.5) is 0 Å². The van der Waals surface area contributed by atoms with Crippen molar-refractivity contribution in [3.8, 4) is 0 Å². The quantitative estimate of drug-likeness (QED) is 0.430. The summed E-state index contributed by atoms with van der Waals surface area (Å²) in [4.78, 5) is 27.0. The molecule has 0 aromatic carbocycles. The number of thioether (sulfide) groups is 4. The van der Waals surface area contributed by atoms with Crippen LogP contribution < -0.4 is 0 Å². The number of halogens is 1. The van der Waals surface area contributed by atoms with Crippen LogP contribution in [0.3, 0.4) is 0 Å². The minimum atomic E-state index is -0.482. The maximum absolute atomic E-state index is 11.9. The Hall–Kier alpha value is 0.440. The molecule has 0 saturated carbocycles. The topological polar surface area (TPSA) is 57.5 Å². The number of fused-ring (bicyclic) bond motifs is 1. The van der Waals surface area contributed by atoms with Crippen molar-refractivity contribution in [2.45, 2.75) is 19.0 Å². The summed E-state index contributed by atoms with van der Waals surface area (Å²) in [5.41, 5.74) is 0. The number of carbonyl (C=O) groups excluding carboxylic acids is 2. The van der Waals surface area contributed by atoms with Crippen molar-refractivity contribution >= 4 is 89.3 Å². The smallest absolute Gasteiger partial charge is 0.345 e. The second-order valence-corrected chi connectivity index (χ2v) is 11.3. The normalized spacial score (nSPS) is 18.4. The predicted molar refractivity (Wildman–Crippen MR) is 107 cm³/mol. The van der Waals surface area contributed by atoms with Crippen molar-refractivity contribution in [1.82, 2.24) is 3.97 Å². The molecule has 3 rings (SSSR count). The number of hydrogen-bond acceptors (Lipinski definition) is 9. The molecule has 0 fully saturated rings. The molecule has 0 atom stereocenters. The molecule has 0 amide bonds. The molecule has 0 saturated heterocycles. The van der Waals surface area contributed by atoms with E-state index in [2.05, 4.69) is 37.6 Å². The van der Waals surface area contributed by atoms with Gasteiger partial charge in [0.2, 0.25) is 0 Å². The fourth-order valence-electron chi connectivity index (χ4n) is 1.94. The van der Waals surface area contributed by atoms with Crippen LogP contribution in [0.2, 0.25) is 0 Å². The second kappa shape index (κ2) is 7.77. The van der Waals surface area contributed by atoms with E-state index in [4.69, 9.17) is 9.47 Å². The summed E-state index contributed by atoms with van der Waals surface area (Å²) >= 11 is 8.55. The molecule has 23 heavy (non-hydrogen) atoms. The SMILES string of the molecule is COC(=O)C1=C(C(=O)OC)SC(C2Sc3cn(SI)cc3S2)S1. The summed E-state index contributed by atoms with van der Waals surface area (Å²) < 4.78 is 11.9. The lowest BCUT2D eigenvalue weighted by molar-refractivity contribution is -0.138. The van der Waals surface area contributed by atoms with E-state index in [1.165, 1.54) is 47.5 Å². The van der Waals surface area contributed by atoms with Crippen LogP contribution in [0.1, 0.15) is 0 Å². The molecule has 2 aliphatic rings. The summed E-state index contributed by atoms with van der Waals surface area (Å²) in [6, 6.07) is 0. The molecular weight excluding hydrogens is 509 g/mol. The Morgan fingerprint density at radius 2 is 1.43 bits per heavy atom. The highest BCUT2D eigenvalue weighted by Crippen LogP contribution is 2.59. The van der Waals surface area contributed by atoms with Gasteiger partial charge in [0.1, 0.15) is 9.81 Å². The van der Waals surface area contributed by atoms with Crippen LogP contribution in [-0.2, 0) is 19.1 Å². The minimum Gasteiger partial charge on any atom is -0.465 e. The lowest BCUT2D eigenvalue weighted by Crippen LogP contribution is -2.09. The average molecular weight is 519 g/mol. The molecule has 11 heteroatoms. The van der Waals surface area contributed by atoms with E-state index in [9.17, 15) is 9.59 Å². The monoisotopic (exact) mass is 519 g/mol. The number of methoxy groups -OCH3 is 2. The number of nitrogens with zero attached hydrogens (tertiary/aromatic N) is 1.